The van der Waals surface area contributed by atoms with Crippen molar-refractivity contribution >= 4 is 5.78 Å². The second kappa shape index (κ2) is 4.01. The molecule has 0 saturated heterocycles. The zero-order chi connectivity index (χ0) is 10.0. The normalized spacial score (nSPS) is 39.8. The summed E-state index contributed by atoms with van der Waals surface area (Å²) < 4.78 is 0. The van der Waals surface area contributed by atoms with Crippen LogP contribution in [0.1, 0.15) is 57.8 Å². The minimum absolute atomic E-state index is 0.401. The molecule has 1 N–H and O–H groups in total. The zero-order valence-electron chi connectivity index (χ0n) is 8.80. The number of hydrogen-bond donors (Lipinski definition) is 1. The minimum atomic E-state index is -0.418. The highest BCUT2D eigenvalue weighted by molar-refractivity contribution is 5.78. The van der Waals surface area contributed by atoms with Gasteiger partial charge in [-0.05, 0) is 38.0 Å². The summed E-state index contributed by atoms with van der Waals surface area (Å²) in [7, 11) is 0. The van der Waals surface area contributed by atoms with E-state index in [1.165, 1.54) is 12.8 Å². The smallest absolute Gasteiger partial charge is 0.132 e. The molecule has 2 fully saturated rings. The Morgan fingerprint density at radius 3 is 2.71 bits per heavy atom. The molecule has 2 rings (SSSR count). The predicted molar refractivity (Wildman–Crippen MR) is 55.0 cm³/mol. The highest BCUT2D eigenvalue weighted by Crippen LogP contribution is 2.41. The molecule has 0 amide bonds. The first-order valence-electron chi connectivity index (χ1n) is 5.95. The summed E-state index contributed by atoms with van der Waals surface area (Å²) in [6.45, 7) is 0. The van der Waals surface area contributed by atoms with Crippen molar-refractivity contribution in [3.05, 3.63) is 0 Å². The predicted octanol–water partition coefficient (Wildman–Crippen LogP) is 2.44. The van der Waals surface area contributed by atoms with Crippen LogP contribution in [0.3, 0.4) is 0 Å². The van der Waals surface area contributed by atoms with Gasteiger partial charge in [0.1, 0.15) is 5.78 Å². The molecule has 2 aliphatic carbocycles. The van der Waals surface area contributed by atoms with Gasteiger partial charge in [-0.1, -0.05) is 12.8 Å². The lowest BCUT2D eigenvalue weighted by molar-refractivity contribution is -0.123. The lowest BCUT2D eigenvalue weighted by Gasteiger charge is -2.41. The van der Waals surface area contributed by atoms with Crippen LogP contribution in [0.15, 0.2) is 0 Å². The Bertz CT molecular complexity index is 224. The van der Waals surface area contributed by atoms with Crippen LogP contribution in [0.25, 0.3) is 0 Å². The summed E-state index contributed by atoms with van der Waals surface area (Å²) in [6, 6.07) is 0. The number of hydrogen-bond acceptors (Lipinski definition) is 2. The second-order valence-corrected chi connectivity index (χ2v) is 4.98. The summed E-state index contributed by atoms with van der Waals surface area (Å²) in [5.74, 6) is 0.804. The maximum Gasteiger partial charge on any atom is 0.132 e. The van der Waals surface area contributed by atoms with E-state index in [0.717, 1.165) is 32.1 Å². The molecule has 0 aromatic rings. The van der Waals surface area contributed by atoms with Crippen molar-refractivity contribution in [1.29, 1.82) is 0 Å². The Morgan fingerprint density at radius 1 is 1.07 bits per heavy atom. The first kappa shape index (κ1) is 10.2. The Morgan fingerprint density at radius 2 is 1.86 bits per heavy atom. The molecule has 14 heavy (non-hydrogen) atoms. The van der Waals surface area contributed by atoms with Crippen LogP contribution in [-0.2, 0) is 4.79 Å². The van der Waals surface area contributed by atoms with Crippen molar-refractivity contribution in [2.75, 3.05) is 0 Å². The van der Waals surface area contributed by atoms with Crippen LogP contribution in [0, 0.1) is 5.92 Å². The zero-order valence-corrected chi connectivity index (χ0v) is 8.80. The quantitative estimate of drug-likeness (QED) is 0.646. The average molecular weight is 196 g/mol. The molecule has 0 spiro atoms. The van der Waals surface area contributed by atoms with Crippen LogP contribution in [0.2, 0.25) is 0 Å². The molecule has 0 aromatic carbocycles. The molecular weight excluding hydrogens is 176 g/mol. The third kappa shape index (κ3) is 2.00. The number of Topliss-reactive ketones (excluding diaryl/α,β-unsaturated/α-hetero) is 1. The Balaban J connectivity index is 2.05. The summed E-state index contributed by atoms with van der Waals surface area (Å²) in [4.78, 5) is 11.3. The van der Waals surface area contributed by atoms with E-state index < -0.39 is 5.60 Å². The molecule has 2 atom stereocenters. The van der Waals surface area contributed by atoms with E-state index in [1.54, 1.807) is 0 Å². The molecule has 2 aliphatic rings. The molecule has 80 valence electrons. The molecule has 0 heterocycles. The molecule has 0 aromatic heterocycles. The van der Waals surface area contributed by atoms with Gasteiger partial charge in [-0.2, -0.15) is 0 Å². The summed E-state index contributed by atoms with van der Waals surface area (Å²) in [5, 5.41) is 10.5. The Kier molecular flexibility index (Phi) is 2.91. The van der Waals surface area contributed by atoms with Crippen LogP contribution in [0.4, 0.5) is 0 Å². The lowest BCUT2D eigenvalue weighted by Crippen LogP contribution is -2.41. The van der Waals surface area contributed by atoms with Gasteiger partial charge in [0.15, 0.2) is 0 Å². The lowest BCUT2D eigenvalue weighted by atomic mass is 9.69. The van der Waals surface area contributed by atoms with E-state index in [9.17, 15) is 9.90 Å². The first-order valence-corrected chi connectivity index (χ1v) is 5.95. The van der Waals surface area contributed by atoms with Crippen molar-refractivity contribution in [3.8, 4) is 0 Å². The molecule has 0 aliphatic heterocycles. The third-order valence-electron chi connectivity index (χ3n) is 4.01. The molecule has 2 nitrogen and oxygen atoms in total. The number of aliphatic hydroxyl groups is 1. The molecule has 2 unspecified atom stereocenters. The van der Waals surface area contributed by atoms with Gasteiger partial charge in [0.25, 0.3) is 0 Å². The fraction of sp³-hybridized carbons (Fsp3) is 0.917. The fourth-order valence-electron chi connectivity index (χ4n) is 3.09. The maximum atomic E-state index is 11.3. The van der Waals surface area contributed by atoms with Gasteiger partial charge in [0.2, 0.25) is 0 Å². The second-order valence-electron chi connectivity index (χ2n) is 4.98. The molecule has 2 saturated carbocycles. The van der Waals surface area contributed by atoms with Crippen molar-refractivity contribution < 1.29 is 9.90 Å². The van der Waals surface area contributed by atoms with E-state index in [1.807, 2.05) is 0 Å². The first-order chi connectivity index (χ1) is 6.71. The average Bonchev–Trinajstić information content (AvgIpc) is 2.14. The van der Waals surface area contributed by atoms with E-state index in [4.69, 9.17) is 0 Å². The van der Waals surface area contributed by atoms with Gasteiger partial charge >= 0.3 is 0 Å². The van der Waals surface area contributed by atoms with Crippen LogP contribution in [-0.4, -0.2) is 16.5 Å². The highest BCUT2D eigenvalue weighted by atomic mass is 16.3. The molecule has 0 bridgehead atoms. The SMILES string of the molecule is O=C1CCCC2(O)CCCCC2CC1. The molecule has 2 heteroatoms. The number of carbonyl (C=O) groups excluding carboxylic acids is 1. The number of fused-ring (bicyclic) bond motifs is 1. The summed E-state index contributed by atoms with van der Waals surface area (Å²) in [6.07, 6.45) is 8.56. The summed E-state index contributed by atoms with van der Waals surface area (Å²) in [5.41, 5.74) is -0.418. The van der Waals surface area contributed by atoms with E-state index >= 15 is 0 Å². The van der Waals surface area contributed by atoms with Gasteiger partial charge in [-0.25, -0.2) is 0 Å². The highest BCUT2D eigenvalue weighted by Gasteiger charge is 2.39. The number of ketones is 1. The molecule has 0 radical (unpaired) electrons. The number of carbonyl (C=O) groups is 1. The van der Waals surface area contributed by atoms with Crippen molar-refractivity contribution in [2.24, 2.45) is 5.92 Å². The van der Waals surface area contributed by atoms with Gasteiger partial charge in [-0.3, -0.25) is 4.79 Å². The van der Waals surface area contributed by atoms with Gasteiger partial charge < -0.3 is 5.11 Å². The van der Waals surface area contributed by atoms with Crippen LogP contribution >= 0.6 is 0 Å². The summed E-state index contributed by atoms with van der Waals surface area (Å²) >= 11 is 0. The van der Waals surface area contributed by atoms with Crippen LogP contribution < -0.4 is 0 Å². The van der Waals surface area contributed by atoms with E-state index in [0.29, 0.717) is 24.5 Å². The Hall–Kier alpha value is -0.370. The van der Waals surface area contributed by atoms with Gasteiger partial charge in [-0.15, -0.1) is 0 Å². The fourth-order valence-corrected chi connectivity index (χ4v) is 3.09. The van der Waals surface area contributed by atoms with Gasteiger partial charge in [0.05, 0.1) is 5.60 Å². The third-order valence-corrected chi connectivity index (χ3v) is 4.01. The molecular formula is C12H20O2. The topological polar surface area (TPSA) is 37.3 Å². The standard InChI is InChI=1S/C12H20O2/c13-11-5-3-9-12(14)8-2-1-4-10(12)6-7-11/h10,14H,1-9H2. The van der Waals surface area contributed by atoms with E-state index in [2.05, 4.69) is 0 Å². The largest absolute Gasteiger partial charge is 0.390 e. The van der Waals surface area contributed by atoms with E-state index in [-0.39, 0.29) is 0 Å². The van der Waals surface area contributed by atoms with Gasteiger partial charge in [0, 0.05) is 12.8 Å². The Labute approximate surface area is 85.7 Å². The van der Waals surface area contributed by atoms with Crippen molar-refractivity contribution in [3.63, 3.8) is 0 Å². The maximum absolute atomic E-state index is 11.3. The van der Waals surface area contributed by atoms with Crippen molar-refractivity contribution in [2.45, 2.75) is 63.4 Å². The minimum Gasteiger partial charge on any atom is -0.390 e. The van der Waals surface area contributed by atoms with Crippen LogP contribution in [0.5, 0.6) is 0 Å². The number of rotatable bonds is 0. The monoisotopic (exact) mass is 196 g/mol. The van der Waals surface area contributed by atoms with Crippen molar-refractivity contribution in [1.82, 2.24) is 0 Å².